The molecule has 3 heteroatoms. The maximum Gasteiger partial charge on any atom is 0.304 e. The van der Waals surface area contributed by atoms with Crippen molar-refractivity contribution in [3.8, 4) is 0 Å². The topological polar surface area (TPSA) is 54.4 Å². The Balaban J connectivity index is 2.96. The van der Waals surface area contributed by atoms with Crippen LogP contribution in [0, 0.1) is 19.8 Å². The minimum Gasteiger partial charge on any atom is -0.481 e. The van der Waals surface area contributed by atoms with E-state index in [-0.39, 0.29) is 12.2 Å². The molecule has 0 amide bonds. The summed E-state index contributed by atoms with van der Waals surface area (Å²) in [6.07, 6.45) is -0.119. The molecule has 0 saturated heterocycles. The Hall–Kier alpha value is -1.64. The molecule has 0 bridgehead atoms. The van der Waals surface area contributed by atoms with Gasteiger partial charge in [0.25, 0.3) is 0 Å². The SMILES string of the molecule is Cc1cccc(C(=O)C(C)CC(=O)O)c1C. The zero-order valence-corrected chi connectivity index (χ0v) is 9.78. The maximum atomic E-state index is 12.0. The van der Waals surface area contributed by atoms with Gasteiger partial charge in [-0.3, -0.25) is 9.59 Å². The summed E-state index contributed by atoms with van der Waals surface area (Å²) >= 11 is 0. The molecule has 1 atom stereocenters. The summed E-state index contributed by atoms with van der Waals surface area (Å²) in [7, 11) is 0. The van der Waals surface area contributed by atoms with Crippen molar-refractivity contribution >= 4 is 11.8 Å². The highest BCUT2D eigenvalue weighted by molar-refractivity contribution is 6.00. The van der Waals surface area contributed by atoms with Crippen LogP contribution in [0.2, 0.25) is 0 Å². The molecule has 1 N–H and O–H groups in total. The zero-order chi connectivity index (χ0) is 12.3. The molecule has 0 heterocycles. The smallest absolute Gasteiger partial charge is 0.304 e. The summed E-state index contributed by atoms with van der Waals surface area (Å²) in [4.78, 5) is 22.5. The number of hydrogen-bond acceptors (Lipinski definition) is 2. The van der Waals surface area contributed by atoms with Crippen LogP contribution in [-0.2, 0) is 4.79 Å². The zero-order valence-electron chi connectivity index (χ0n) is 9.78. The van der Waals surface area contributed by atoms with Crippen LogP contribution in [-0.4, -0.2) is 16.9 Å². The van der Waals surface area contributed by atoms with E-state index in [9.17, 15) is 9.59 Å². The normalized spacial score (nSPS) is 12.2. The van der Waals surface area contributed by atoms with Crippen molar-refractivity contribution in [2.45, 2.75) is 27.2 Å². The van der Waals surface area contributed by atoms with Gasteiger partial charge in [0, 0.05) is 11.5 Å². The second-order valence-corrected chi connectivity index (χ2v) is 4.11. The van der Waals surface area contributed by atoms with Gasteiger partial charge in [0.05, 0.1) is 6.42 Å². The average Bonchev–Trinajstić information content (AvgIpc) is 2.20. The molecule has 1 aromatic carbocycles. The van der Waals surface area contributed by atoms with Crippen molar-refractivity contribution in [3.63, 3.8) is 0 Å². The first-order valence-corrected chi connectivity index (χ1v) is 5.25. The predicted molar refractivity (Wildman–Crippen MR) is 61.7 cm³/mol. The van der Waals surface area contributed by atoms with Gasteiger partial charge in [-0.2, -0.15) is 0 Å². The first-order valence-electron chi connectivity index (χ1n) is 5.25. The summed E-state index contributed by atoms with van der Waals surface area (Å²) in [6, 6.07) is 5.51. The molecular formula is C13H16O3. The van der Waals surface area contributed by atoms with Crippen molar-refractivity contribution in [1.29, 1.82) is 0 Å². The summed E-state index contributed by atoms with van der Waals surface area (Å²) in [5.74, 6) is -1.51. The molecule has 0 fully saturated rings. The first-order chi connectivity index (χ1) is 7.43. The third-order valence-corrected chi connectivity index (χ3v) is 2.80. The highest BCUT2D eigenvalue weighted by Crippen LogP contribution is 2.18. The van der Waals surface area contributed by atoms with Gasteiger partial charge in [0.2, 0.25) is 0 Å². The van der Waals surface area contributed by atoms with Gasteiger partial charge in [-0.25, -0.2) is 0 Å². The van der Waals surface area contributed by atoms with Crippen molar-refractivity contribution in [2.75, 3.05) is 0 Å². The Kier molecular flexibility index (Phi) is 3.82. The number of carbonyl (C=O) groups excluding carboxylic acids is 1. The molecule has 0 aliphatic heterocycles. The molecule has 1 unspecified atom stereocenters. The summed E-state index contributed by atoms with van der Waals surface area (Å²) in [5.41, 5.74) is 2.62. The van der Waals surface area contributed by atoms with Crippen LogP contribution >= 0.6 is 0 Å². The van der Waals surface area contributed by atoms with E-state index in [0.717, 1.165) is 11.1 Å². The number of carboxylic acids is 1. The molecule has 0 aromatic heterocycles. The van der Waals surface area contributed by atoms with Crippen molar-refractivity contribution in [3.05, 3.63) is 34.9 Å². The second-order valence-electron chi connectivity index (χ2n) is 4.11. The van der Waals surface area contributed by atoms with E-state index in [1.165, 1.54) is 0 Å². The molecule has 0 saturated carbocycles. The van der Waals surface area contributed by atoms with Crippen LogP contribution in [0.5, 0.6) is 0 Å². The standard InChI is InChI=1S/C13H16O3/c1-8-5-4-6-11(10(8)3)13(16)9(2)7-12(14)15/h4-6,9H,7H2,1-3H3,(H,14,15). The number of aryl methyl sites for hydroxylation is 1. The van der Waals surface area contributed by atoms with Crippen LogP contribution < -0.4 is 0 Å². The monoisotopic (exact) mass is 220 g/mol. The number of ketones is 1. The first kappa shape index (κ1) is 12.4. The largest absolute Gasteiger partial charge is 0.481 e. The molecule has 16 heavy (non-hydrogen) atoms. The van der Waals surface area contributed by atoms with Gasteiger partial charge in [-0.1, -0.05) is 25.1 Å². The lowest BCUT2D eigenvalue weighted by molar-refractivity contribution is -0.137. The van der Waals surface area contributed by atoms with E-state index in [1.54, 1.807) is 13.0 Å². The maximum absolute atomic E-state index is 12.0. The molecule has 0 spiro atoms. The highest BCUT2D eigenvalue weighted by Gasteiger charge is 2.19. The van der Waals surface area contributed by atoms with E-state index in [1.807, 2.05) is 26.0 Å². The fourth-order valence-electron chi connectivity index (χ4n) is 1.64. The number of benzene rings is 1. The van der Waals surface area contributed by atoms with Gasteiger partial charge in [0.1, 0.15) is 0 Å². The molecule has 1 rings (SSSR count). The molecule has 3 nitrogen and oxygen atoms in total. The number of carbonyl (C=O) groups is 2. The Morgan fingerprint density at radius 3 is 2.50 bits per heavy atom. The number of aliphatic carboxylic acids is 1. The molecule has 1 aromatic rings. The fourth-order valence-corrected chi connectivity index (χ4v) is 1.64. The Labute approximate surface area is 95.1 Å². The van der Waals surface area contributed by atoms with Crippen molar-refractivity contribution in [1.82, 2.24) is 0 Å². The number of rotatable bonds is 4. The quantitative estimate of drug-likeness (QED) is 0.793. The average molecular weight is 220 g/mol. The van der Waals surface area contributed by atoms with Gasteiger partial charge in [-0.05, 0) is 25.0 Å². The summed E-state index contributed by atoms with van der Waals surface area (Å²) in [5, 5.41) is 8.65. The Bertz CT molecular complexity index is 421. The van der Waals surface area contributed by atoms with Crippen LogP contribution in [0.15, 0.2) is 18.2 Å². The van der Waals surface area contributed by atoms with Gasteiger partial charge in [-0.15, -0.1) is 0 Å². The lowest BCUT2D eigenvalue weighted by atomic mass is 9.92. The van der Waals surface area contributed by atoms with E-state index >= 15 is 0 Å². The van der Waals surface area contributed by atoms with Gasteiger partial charge >= 0.3 is 5.97 Å². The predicted octanol–water partition coefficient (Wildman–Crippen LogP) is 2.60. The summed E-state index contributed by atoms with van der Waals surface area (Å²) in [6.45, 7) is 5.47. The molecule has 86 valence electrons. The lowest BCUT2D eigenvalue weighted by Crippen LogP contribution is -2.16. The van der Waals surface area contributed by atoms with E-state index in [0.29, 0.717) is 5.56 Å². The highest BCUT2D eigenvalue weighted by atomic mass is 16.4. The Morgan fingerprint density at radius 2 is 1.94 bits per heavy atom. The fraction of sp³-hybridized carbons (Fsp3) is 0.385. The van der Waals surface area contributed by atoms with Crippen molar-refractivity contribution < 1.29 is 14.7 Å². The molecule has 0 radical (unpaired) electrons. The van der Waals surface area contributed by atoms with Crippen LogP contribution in [0.1, 0.15) is 34.8 Å². The van der Waals surface area contributed by atoms with E-state index in [4.69, 9.17) is 5.11 Å². The number of hydrogen-bond donors (Lipinski definition) is 1. The lowest BCUT2D eigenvalue weighted by Gasteiger charge is -2.11. The van der Waals surface area contributed by atoms with Crippen LogP contribution in [0.4, 0.5) is 0 Å². The van der Waals surface area contributed by atoms with Crippen LogP contribution in [0.3, 0.4) is 0 Å². The van der Waals surface area contributed by atoms with Gasteiger partial charge in [0.15, 0.2) is 5.78 Å². The second kappa shape index (κ2) is 4.92. The number of carboxylic acid groups (broad SMARTS) is 1. The summed E-state index contributed by atoms with van der Waals surface area (Å²) < 4.78 is 0. The minimum absolute atomic E-state index is 0.0939. The minimum atomic E-state index is -0.939. The molecule has 0 aliphatic rings. The Morgan fingerprint density at radius 1 is 1.31 bits per heavy atom. The van der Waals surface area contributed by atoms with Crippen molar-refractivity contribution in [2.24, 2.45) is 5.92 Å². The molecular weight excluding hydrogens is 204 g/mol. The van der Waals surface area contributed by atoms with Gasteiger partial charge < -0.3 is 5.11 Å². The number of Topliss-reactive ketones (excluding diaryl/α,β-unsaturated/α-hetero) is 1. The molecule has 0 aliphatic carbocycles. The third-order valence-electron chi connectivity index (χ3n) is 2.80. The van der Waals surface area contributed by atoms with E-state index in [2.05, 4.69) is 0 Å². The third kappa shape index (κ3) is 2.69. The van der Waals surface area contributed by atoms with E-state index < -0.39 is 11.9 Å². The van der Waals surface area contributed by atoms with Crippen LogP contribution in [0.25, 0.3) is 0 Å².